The lowest BCUT2D eigenvalue weighted by molar-refractivity contribution is -0.118. The van der Waals surface area contributed by atoms with Crippen LogP contribution in [0.1, 0.15) is 12.5 Å². The van der Waals surface area contributed by atoms with Gasteiger partial charge in [-0.3, -0.25) is 4.79 Å². The van der Waals surface area contributed by atoms with Crippen molar-refractivity contribution in [3.8, 4) is 17.0 Å². The second kappa shape index (κ2) is 9.89. The van der Waals surface area contributed by atoms with Crippen LogP contribution in [-0.4, -0.2) is 29.5 Å². The lowest BCUT2D eigenvalue weighted by Gasteiger charge is -2.02. The molecule has 3 aromatic rings. The minimum Gasteiger partial charge on any atom is -0.494 e. The Morgan fingerprint density at radius 2 is 2.00 bits per heavy atom. The molecule has 0 aliphatic heterocycles. The molecule has 5 nitrogen and oxygen atoms in total. The van der Waals surface area contributed by atoms with Gasteiger partial charge in [0.2, 0.25) is 0 Å². The fourth-order valence-electron chi connectivity index (χ4n) is 2.22. The normalized spacial score (nSPS) is 10.9. The minimum atomic E-state index is -0.168. The number of rotatable bonds is 8. The molecule has 1 N–H and O–H groups in total. The molecule has 138 valence electrons. The van der Waals surface area contributed by atoms with Crippen molar-refractivity contribution >= 4 is 35.2 Å². The number of thiazole rings is 1. The smallest absolute Gasteiger partial charge is 0.250 e. The van der Waals surface area contributed by atoms with Crippen molar-refractivity contribution in [2.24, 2.45) is 5.10 Å². The fourth-order valence-corrected chi connectivity index (χ4v) is 3.85. The molecule has 0 bridgehead atoms. The van der Waals surface area contributed by atoms with Crippen LogP contribution in [0.25, 0.3) is 11.3 Å². The number of nitrogens with zero attached hydrogens (tertiary/aromatic N) is 2. The van der Waals surface area contributed by atoms with E-state index >= 15 is 0 Å². The van der Waals surface area contributed by atoms with Gasteiger partial charge in [0.25, 0.3) is 5.91 Å². The molecule has 27 heavy (non-hydrogen) atoms. The van der Waals surface area contributed by atoms with E-state index in [1.807, 2.05) is 66.9 Å². The number of thioether (sulfide) groups is 1. The maximum Gasteiger partial charge on any atom is 0.250 e. The minimum absolute atomic E-state index is 0.168. The quantitative estimate of drug-likeness (QED) is 0.346. The van der Waals surface area contributed by atoms with Crippen LogP contribution >= 0.6 is 23.1 Å². The Labute approximate surface area is 166 Å². The van der Waals surface area contributed by atoms with E-state index in [2.05, 4.69) is 15.5 Å². The Bertz CT molecular complexity index is 893. The third kappa shape index (κ3) is 5.94. The number of aromatic nitrogens is 1. The molecule has 0 unspecified atom stereocenters. The van der Waals surface area contributed by atoms with E-state index in [1.54, 1.807) is 6.21 Å². The molecule has 0 saturated carbocycles. The Kier molecular flexibility index (Phi) is 7.01. The SMILES string of the molecule is CCOc1ccc(/C=N/NC(=O)CSc2nc(-c3ccccc3)cs2)cc1. The van der Waals surface area contributed by atoms with Crippen LogP contribution in [0.15, 0.2) is 69.4 Å². The van der Waals surface area contributed by atoms with Crippen LogP contribution in [0.2, 0.25) is 0 Å². The van der Waals surface area contributed by atoms with Crippen molar-refractivity contribution in [1.82, 2.24) is 10.4 Å². The number of nitrogens with one attached hydrogen (secondary N) is 1. The molecule has 0 aliphatic carbocycles. The Hall–Kier alpha value is -2.64. The van der Waals surface area contributed by atoms with Gasteiger partial charge in [0.05, 0.1) is 24.3 Å². The summed E-state index contributed by atoms with van der Waals surface area (Å²) in [5.74, 6) is 0.912. The molecule has 0 spiro atoms. The number of carbonyl (C=O) groups excluding carboxylic acids is 1. The molecule has 1 amide bonds. The highest BCUT2D eigenvalue weighted by Gasteiger charge is 2.07. The molecule has 0 radical (unpaired) electrons. The number of hydrazone groups is 1. The van der Waals surface area contributed by atoms with Gasteiger partial charge in [-0.1, -0.05) is 42.1 Å². The highest BCUT2D eigenvalue weighted by atomic mass is 32.2. The maximum absolute atomic E-state index is 11.9. The second-order valence-corrected chi connectivity index (χ2v) is 7.53. The summed E-state index contributed by atoms with van der Waals surface area (Å²) in [4.78, 5) is 16.5. The van der Waals surface area contributed by atoms with E-state index in [1.165, 1.54) is 23.1 Å². The largest absolute Gasteiger partial charge is 0.494 e. The summed E-state index contributed by atoms with van der Waals surface area (Å²) < 4.78 is 6.25. The first-order valence-corrected chi connectivity index (χ1v) is 10.3. The van der Waals surface area contributed by atoms with E-state index in [4.69, 9.17) is 4.74 Å². The van der Waals surface area contributed by atoms with Gasteiger partial charge < -0.3 is 4.74 Å². The zero-order chi connectivity index (χ0) is 18.9. The lowest BCUT2D eigenvalue weighted by atomic mass is 10.2. The van der Waals surface area contributed by atoms with Gasteiger partial charge >= 0.3 is 0 Å². The monoisotopic (exact) mass is 397 g/mol. The van der Waals surface area contributed by atoms with Crippen molar-refractivity contribution in [3.63, 3.8) is 0 Å². The van der Waals surface area contributed by atoms with E-state index < -0.39 is 0 Å². The van der Waals surface area contributed by atoms with Gasteiger partial charge in [-0.15, -0.1) is 11.3 Å². The van der Waals surface area contributed by atoms with E-state index in [0.717, 1.165) is 26.9 Å². The van der Waals surface area contributed by atoms with Crippen LogP contribution in [0.5, 0.6) is 5.75 Å². The summed E-state index contributed by atoms with van der Waals surface area (Å²) in [7, 11) is 0. The predicted molar refractivity (Wildman–Crippen MR) is 112 cm³/mol. The van der Waals surface area contributed by atoms with E-state index in [0.29, 0.717) is 6.61 Å². The van der Waals surface area contributed by atoms with Crippen LogP contribution in [-0.2, 0) is 4.79 Å². The third-order valence-electron chi connectivity index (χ3n) is 3.47. The van der Waals surface area contributed by atoms with Gasteiger partial charge in [0.15, 0.2) is 4.34 Å². The van der Waals surface area contributed by atoms with Crippen molar-refractivity contribution in [1.29, 1.82) is 0 Å². The molecular formula is C20H19N3O2S2. The molecule has 0 atom stereocenters. The summed E-state index contributed by atoms with van der Waals surface area (Å²) in [6.45, 7) is 2.57. The summed E-state index contributed by atoms with van der Waals surface area (Å²) in [6.07, 6.45) is 1.61. The first-order valence-electron chi connectivity index (χ1n) is 8.43. The Morgan fingerprint density at radius 3 is 2.74 bits per heavy atom. The van der Waals surface area contributed by atoms with Gasteiger partial charge in [-0.05, 0) is 36.8 Å². The Morgan fingerprint density at radius 1 is 1.22 bits per heavy atom. The molecule has 0 aliphatic rings. The van der Waals surface area contributed by atoms with Crippen LogP contribution in [0, 0.1) is 0 Å². The average molecular weight is 398 g/mol. The van der Waals surface area contributed by atoms with Crippen LogP contribution in [0.4, 0.5) is 0 Å². The number of benzene rings is 2. The highest BCUT2D eigenvalue weighted by Crippen LogP contribution is 2.27. The molecule has 1 heterocycles. The summed E-state index contributed by atoms with van der Waals surface area (Å²) in [5.41, 5.74) is 5.42. The summed E-state index contributed by atoms with van der Waals surface area (Å²) in [5, 5.41) is 5.99. The van der Waals surface area contributed by atoms with E-state index in [9.17, 15) is 4.79 Å². The van der Waals surface area contributed by atoms with Crippen molar-refractivity contribution in [2.75, 3.05) is 12.4 Å². The number of ether oxygens (including phenoxy) is 1. The third-order valence-corrected chi connectivity index (χ3v) is 5.49. The van der Waals surface area contributed by atoms with Crippen molar-refractivity contribution in [3.05, 3.63) is 65.5 Å². The molecular weight excluding hydrogens is 378 g/mol. The number of hydrogen-bond acceptors (Lipinski definition) is 6. The van der Waals surface area contributed by atoms with Crippen molar-refractivity contribution in [2.45, 2.75) is 11.3 Å². The van der Waals surface area contributed by atoms with Gasteiger partial charge in [0, 0.05) is 10.9 Å². The topological polar surface area (TPSA) is 63.6 Å². The Balaban J connectivity index is 1.45. The molecule has 7 heteroatoms. The van der Waals surface area contributed by atoms with Crippen LogP contribution < -0.4 is 10.2 Å². The van der Waals surface area contributed by atoms with Gasteiger partial charge in [-0.25, -0.2) is 10.4 Å². The molecule has 0 fully saturated rings. The van der Waals surface area contributed by atoms with Crippen LogP contribution in [0.3, 0.4) is 0 Å². The zero-order valence-corrected chi connectivity index (χ0v) is 16.4. The fraction of sp³-hybridized carbons (Fsp3) is 0.150. The van der Waals surface area contributed by atoms with Gasteiger partial charge in [0.1, 0.15) is 5.75 Å². The summed E-state index contributed by atoms with van der Waals surface area (Å²) in [6, 6.07) is 17.5. The standard InChI is InChI=1S/C20H19N3O2S2/c1-2-25-17-10-8-15(9-11-17)12-21-23-19(24)14-27-20-22-18(13-26-20)16-6-4-3-5-7-16/h3-13H,2,14H2,1H3,(H,23,24)/b21-12+. The second-order valence-electron chi connectivity index (χ2n) is 5.45. The molecule has 2 aromatic carbocycles. The van der Waals surface area contributed by atoms with E-state index in [-0.39, 0.29) is 11.7 Å². The van der Waals surface area contributed by atoms with Crippen molar-refractivity contribution < 1.29 is 9.53 Å². The number of carbonyl (C=O) groups is 1. The average Bonchev–Trinajstić information content (AvgIpc) is 3.18. The number of amides is 1. The first kappa shape index (κ1) is 19.1. The molecule has 1 aromatic heterocycles. The lowest BCUT2D eigenvalue weighted by Crippen LogP contribution is -2.19. The molecule has 0 saturated heterocycles. The first-order chi connectivity index (χ1) is 13.2. The molecule has 3 rings (SSSR count). The zero-order valence-electron chi connectivity index (χ0n) is 14.8. The maximum atomic E-state index is 11.9. The summed E-state index contributed by atoms with van der Waals surface area (Å²) >= 11 is 2.94. The van der Waals surface area contributed by atoms with Gasteiger partial charge in [-0.2, -0.15) is 5.10 Å². The highest BCUT2D eigenvalue weighted by molar-refractivity contribution is 8.01. The predicted octanol–water partition coefficient (Wildman–Crippen LogP) is 4.45. The number of hydrogen-bond donors (Lipinski definition) is 1.